The number of carboxylic acid groups (broad SMARTS) is 1. The van der Waals surface area contributed by atoms with Crippen LogP contribution in [0.4, 0.5) is 0 Å². The summed E-state index contributed by atoms with van der Waals surface area (Å²) in [5.74, 6) is -0.301. The fraction of sp³-hybridized carbons (Fsp3) is 0.533. The van der Waals surface area contributed by atoms with Gasteiger partial charge in [0.15, 0.2) is 5.54 Å². The number of carbonyl (C=O) groups is 1. The summed E-state index contributed by atoms with van der Waals surface area (Å²) >= 11 is 1.68. The molecular formula is C15H21NO3S. The predicted octanol–water partition coefficient (Wildman–Crippen LogP) is 2.10. The molecule has 1 saturated heterocycles. The van der Waals surface area contributed by atoms with Crippen molar-refractivity contribution in [2.45, 2.75) is 24.1 Å². The Morgan fingerprint density at radius 3 is 2.65 bits per heavy atom. The summed E-state index contributed by atoms with van der Waals surface area (Å²) in [7, 11) is 0. The van der Waals surface area contributed by atoms with Crippen LogP contribution in [0.1, 0.15) is 18.9 Å². The van der Waals surface area contributed by atoms with Crippen molar-refractivity contribution in [3.8, 4) is 0 Å². The minimum Gasteiger partial charge on any atom is -0.480 e. The van der Waals surface area contributed by atoms with E-state index in [4.69, 9.17) is 4.74 Å². The lowest BCUT2D eigenvalue weighted by atomic mass is 9.91. The third-order valence-electron chi connectivity index (χ3n) is 3.45. The van der Waals surface area contributed by atoms with Crippen molar-refractivity contribution in [1.29, 1.82) is 0 Å². The fourth-order valence-electron chi connectivity index (χ4n) is 2.11. The number of aliphatic carboxylic acids is 1. The average Bonchev–Trinajstić information content (AvgIpc) is 2.41. The number of thioether (sulfide) groups is 1. The second-order valence-electron chi connectivity index (χ2n) is 4.97. The van der Waals surface area contributed by atoms with Crippen molar-refractivity contribution in [1.82, 2.24) is 5.32 Å². The summed E-state index contributed by atoms with van der Waals surface area (Å²) in [6, 6.07) is 9.45. The molecule has 1 aromatic carbocycles. The van der Waals surface area contributed by atoms with Crippen LogP contribution in [-0.2, 0) is 15.1 Å². The summed E-state index contributed by atoms with van der Waals surface area (Å²) in [5, 5.41) is 13.5. The topological polar surface area (TPSA) is 58.6 Å². The highest BCUT2D eigenvalue weighted by Crippen LogP contribution is 2.30. The molecule has 20 heavy (non-hydrogen) atoms. The number of ether oxygens (including phenoxy) is 1. The van der Waals surface area contributed by atoms with Crippen molar-refractivity contribution in [3.63, 3.8) is 0 Å². The number of rotatable bonds is 8. The maximum atomic E-state index is 11.9. The Balaban J connectivity index is 2.20. The zero-order chi connectivity index (χ0) is 14.4. The standard InChI is InChI=1S/C15H21NO3S/c1-2-8-16-15(14(17)18,11-20-13-9-19-10-13)12-6-4-3-5-7-12/h3-7,13,16H,2,8-11H2,1H3,(H,17,18). The number of hydrogen-bond donors (Lipinski definition) is 2. The molecule has 0 aliphatic carbocycles. The highest BCUT2D eigenvalue weighted by Gasteiger charge is 2.41. The van der Waals surface area contributed by atoms with Crippen LogP contribution in [0, 0.1) is 0 Å². The molecule has 0 radical (unpaired) electrons. The van der Waals surface area contributed by atoms with Gasteiger partial charge in [-0.05, 0) is 18.5 Å². The van der Waals surface area contributed by atoms with Gasteiger partial charge in [0.05, 0.1) is 18.5 Å². The van der Waals surface area contributed by atoms with Crippen LogP contribution in [-0.4, -0.2) is 41.8 Å². The number of benzene rings is 1. The van der Waals surface area contributed by atoms with Crippen molar-refractivity contribution >= 4 is 17.7 Å². The summed E-state index contributed by atoms with van der Waals surface area (Å²) in [6.07, 6.45) is 0.902. The monoisotopic (exact) mass is 295 g/mol. The van der Waals surface area contributed by atoms with Crippen LogP contribution >= 0.6 is 11.8 Å². The van der Waals surface area contributed by atoms with Crippen molar-refractivity contribution in [2.24, 2.45) is 0 Å². The van der Waals surface area contributed by atoms with Crippen LogP contribution in [0.25, 0.3) is 0 Å². The van der Waals surface area contributed by atoms with Crippen LogP contribution < -0.4 is 5.32 Å². The van der Waals surface area contributed by atoms with Crippen molar-refractivity contribution < 1.29 is 14.6 Å². The second-order valence-corrected chi connectivity index (χ2v) is 6.26. The molecule has 0 amide bonds. The molecule has 1 fully saturated rings. The van der Waals surface area contributed by atoms with E-state index in [-0.39, 0.29) is 0 Å². The van der Waals surface area contributed by atoms with Crippen molar-refractivity contribution in [2.75, 3.05) is 25.5 Å². The van der Waals surface area contributed by atoms with Crippen LogP contribution in [0.3, 0.4) is 0 Å². The number of hydrogen-bond acceptors (Lipinski definition) is 4. The van der Waals surface area contributed by atoms with Gasteiger partial charge in [-0.15, -0.1) is 0 Å². The van der Waals surface area contributed by atoms with Gasteiger partial charge in [-0.1, -0.05) is 37.3 Å². The minimum atomic E-state index is -1.02. The summed E-state index contributed by atoms with van der Waals surface area (Å²) in [5.41, 5.74) is -0.203. The molecule has 0 bridgehead atoms. The Bertz CT molecular complexity index is 436. The van der Waals surface area contributed by atoms with Gasteiger partial charge in [0.1, 0.15) is 0 Å². The molecule has 5 heteroatoms. The van der Waals surface area contributed by atoms with E-state index in [1.807, 2.05) is 37.3 Å². The summed E-state index contributed by atoms with van der Waals surface area (Å²) in [6.45, 7) is 4.17. The normalized spacial score (nSPS) is 18.2. The van der Waals surface area contributed by atoms with E-state index in [2.05, 4.69) is 5.32 Å². The van der Waals surface area contributed by atoms with E-state index in [0.717, 1.165) is 25.2 Å². The molecule has 1 aliphatic rings. The molecule has 1 aliphatic heterocycles. The maximum absolute atomic E-state index is 11.9. The zero-order valence-electron chi connectivity index (χ0n) is 11.7. The molecule has 1 heterocycles. The largest absolute Gasteiger partial charge is 0.480 e. The van der Waals surface area contributed by atoms with Crippen molar-refractivity contribution in [3.05, 3.63) is 35.9 Å². The summed E-state index contributed by atoms with van der Waals surface area (Å²) in [4.78, 5) is 11.9. The maximum Gasteiger partial charge on any atom is 0.329 e. The molecule has 0 saturated carbocycles. The third kappa shape index (κ3) is 3.34. The summed E-state index contributed by atoms with van der Waals surface area (Å²) < 4.78 is 5.16. The van der Waals surface area contributed by atoms with Gasteiger partial charge in [0, 0.05) is 5.75 Å². The lowest BCUT2D eigenvalue weighted by Gasteiger charge is -2.34. The average molecular weight is 295 g/mol. The lowest BCUT2D eigenvalue weighted by molar-refractivity contribution is -0.144. The first kappa shape index (κ1) is 15.4. The van der Waals surface area contributed by atoms with Gasteiger partial charge >= 0.3 is 5.97 Å². The van der Waals surface area contributed by atoms with Gasteiger partial charge in [-0.25, -0.2) is 4.79 Å². The zero-order valence-corrected chi connectivity index (χ0v) is 12.5. The number of nitrogens with one attached hydrogen (secondary N) is 1. The minimum absolute atomic E-state index is 0.417. The van der Waals surface area contributed by atoms with Crippen LogP contribution in [0.5, 0.6) is 0 Å². The third-order valence-corrected chi connectivity index (χ3v) is 4.79. The number of carboxylic acids is 1. The van der Waals surface area contributed by atoms with Gasteiger partial charge in [0.2, 0.25) is 0 Å². The van der Waals surface area contributed by atoms with Crippen LogP contribution in [0.15, 0.2) is 30.3 Å². The Morgan fingerprint density at radius 2 is 2.15 bits per heavy atom. The van der Waals surface area contributed by atoms with E-state index < -0.39 is 11.5 Å². The molecule has 110 valence electrons. The van der Waals surface area contributed by atoms with E-state index in [9.17, 15) is 9.90 Å². The molecule has 4 nitrogen and oxygen atoms in total. The molecule has 2 rings (SSSR count). The Morgan fingerprint density at radius 1 is 1.45 bits per heavy atom. The molecule has 1 atom stereocenters. The molecule has 0 aromatic heterocycles. The fourth-order valence-corrected chi connectivity index (χ4v) is 3.37. The van der Waals surface area contributed by atoms with Gasteiger partial charge in [-0.3, -0.25) is 5.32 Å². The molecular weight excluding hydrogens is 274 g/mol. The highest BCUT2D eigenvalue weighted by atomic mass is 32.2. The lowest BCUT2D eigenvalue weighted by Crippen LogP contribution is -2.52. The molecule has 1 aromatic rings. The Kier molecular flexibility index (Phi) is 5.46. The van der Waals surface area contributed by atoms with Crippen LogP contribution in [0.2, 0.25) is 0 Å². The first-order valence-corrected chi connectivity index (χ1v) is 7.97. The molecule has 0 spiro atoms. The van der Waals surface area contributed by atoms with Gasteiger partial charge in [0.25, 0.3) is 0 Å². The van der Waals surface area contributed by atoms with E-state index in [0.29, 0.717) is 17.5 Å². The predicted molar refractivity (Wildman–Crippen MR) is 81.1 cm³/mol. The SMILES string of the molecule is CCCNC(CSC1COC1)(C(=O)O)c1ccccc1. The first-order chi connectivity index (χ1) is 9.69. The Labute approximate surface area is 123 Å². The Hall–Kier alpha value is -1.04. The van der Waals surface area contributed by atoms with E-state index in [1.165, 1.54) is 0 Å². The smallest absolute Gasteiger partial charge is 0.329 e. The second kappa shape index (κ2) is 7.11. The quantitative estimate of drug-likeness (QED) is 0.769. The molecule has 2 N–H and O–H groups in total. The van der Waals surface area contributed by atoms with E-state index >= 15 is 0 Å². The molecule has 1 unspecified atom stereocenters. The van der Waals surface area contributed by atoms with Gasteiger partial charge < -0.3 is 9.84 Å². The van der Waals surface area contributed by atoms with Gasteiger partial charge in [-0.2, -0.15) is 11.8 Å². The van der Waals surface area contributed by atoms with E-state index in [1.54, 1.807) is 11.8 Å². The first-order valence-electron chi connectivity index (χ1n) is 6.92. The highest BCUT2D eigenvalue weighted by molar-refractivity contribution is 8.00.